The molecule has 0 saturated heterocycles. The van der Waals surface area contributed by atoms with Crippen LogP contribution >= 0.6 is 0 Å². The number of nitrogens with one attached hydrogen (secondary N) is 1. The standard InChI is InChI=1S/C9H17NO3/c1-13-8-5-3-2-4-7(8)10-6-9(11)12/h7-8,10H,2-6H2,1H3,(H,11,12). The molecule has 4 heteroatoms. The van der Waals surface area contributed by atoms with Crippen molar-refractivity contribution in [2.24, 2.45) is 0 Å². The van der Waals surface area contributed by atoms with Gasteiger partial charge in [0.05, 0.1) is 12.6 Å². The fourth-order valence-corrected chi connectivity index (χ4v) is 1.83. The van der Waals surface area contributed by atoms with Gasteiger partial charge < -0.3 is 15.2 Å². The van der Waals surface area contributed by atoms with E-state index in [0.29, 0.717) is 0 Å². The molecule has 1 rings (SSSR count). The van der Waals surface area contributed by atoms with Crippen LogP contribution in [0.25, 0.3) is 0 Å². The molecule has 1 aliphatic carbocycles. The maximum absolute atomic E-state index is 10.3. The largest absolute Gasteiger partial charge is 0.480 e. The van der Waals surface area contributed by atoms with E-state index in [0.717, 1.165) is 19.3 Å². The van der Waals surface area contributed by atoms with Gasteiger partial charge in [-0.3, -0.25) is 4.79 Å². The maximum Gasteiger partial charge on any atom is 0.317 e. The van der Waals surface area contributed by atoms with E-state index in [1.54, 1.807) is 7.11 Å². The van der Waals surface area contributed by atoms with Gasteiger partial charge in [0.25, 0.3) is 0 Å². The summed E-state index contributed by atoms with van der Waals surface area (Å²) < 4.78 is 5.28. The monoisotopic (exact) mass is 187 g/mol. The molecule has 0 amide bonds. The van der Waals surface area contributed by atoms with Crippen LogP contribution in [0.5, 0.6) is 0 Å². The topological polar surface area (TPSA) is 58.6 Å². The summed E-state index contributed by atoms with van der Waals surface area (Å²) in [5.74, 6) is -0.805. The Morgan fingerprint density at radius 1 is 1.54 bits per heavy atom. The molecule has 0 bridgehead atoms. The highest BCUT2D eigenvalue weighted by Gasteiger charge is 2.24. The van der Waals surface area contributed by atoms with Crippen LogP contribution in [-0.4, -0.2) is 36.9 Å². The fraction of sp³-hybridized carbons (Fsp3) is 0.889. The van der Waals surface area contributed by atoms with E-state index in [9.17, 15) is 4.79 Å². The number of carboxylic acids is 1. The number of ether oxygens (including phenoxy) is 1. The summed E-state index contributed by atoms with van der Waals surface area (Å²) in [6, 6.07) is 0.217. The number of methoxy groups -OCH3 is 1. The minimum atomic E-state index is -0.805. The Hall–Kier alpha value is -0.610. The molecule has 0 aliphatic heterocycles. The minimum absolute atomic E-state index is 0.0323. The van der Waals surface area contributed by atoms with Gasteiger partial charge in [0.1, 0.15) is 0 Å². The molecule has 76 valence electrons. The zero-order chi connectivity index (χ0) is 9.68. The van der Waals surface area contributed by atoms with Crippen molar-refractivity contribution >= 4 is 5.97 Å². The van der Waals surface area contributed by atoms with Crippen LogP contribution in [0, 0.1) is 0 Å². The number of aliphatic carboxylic acids is 1. The molecule has 0 aromatic carbocycles. The van der Waals surface area contributed by atoms with E-state index in [-0.39, 0.29) is 18.7 Å². The second kappa shape index (κ2) is 5.19. The molecule has 0 aromatic rings. The van der Waals surface area contributed by atoms with Crippen molar-refractivity contribution in [2.45, 2.75) is 37.8 Å². The number of carbonyl (C=O) groups is 1. The van der Waals surface area contributed by atoms with Gasteiger partial charge in [-0.25, -0.2) is 0 Å². The molecule has 2 N–H and O–H groups in total. The second-order valence-corrected chi connectivity index (χ2v) is 3.44. The van der Waals surface area contributed by atoms with Gasteiger partial charge in [0, 0.05) is 13.2 Å². The van der Waals surface area contributed by atoms with E-state index < -0.39 is 5.97 Å². The molecule has 1 saturated carbocycles. The summed E-state index contributed by atoms with van der Waals surface area (Å²) in [5, 5.41) is 11.5. The lowest BCUT2D eigenvalue weighted by atomic mass is 9.92. The summed E-state index contributed by atoms with van der Waals surface area (Å²) >= 11 is 0. The lowest BCUT2D eigenvalue weighted by Crippen LogP contribution is -2.45. The van der Waals surface area contributed by atoms with Gasteiger partial charge in [0.15, 0.2) is 0 Å². The highest BCUT2D eigenvalue weighted by Crippen LogP contribution is 2.20. The zero-order valence-corrected chi connectivity index (χ0v) is 7.95. The molecule has 1 aliphatic rings. The van der Waals surface area contributed by atoms with Crippen LogP contribution in [0.2, 0.25) is 0 Å². The third-order valence-corrected chi connectivity index (χ3v) is 2.52. The molecule has 0 heterocycles. The van der Waals surface area contributed by atoms with Crippen molar-refractivity contribution in [3.63, 3.8) is 0 Å². The summed E-state index contributed by atoms with van der Waals surface area (Å²) in [7, 11) is 1.69. The van der Waals surface area contributed by atoms with Crippen LogP contribution in [-0.2, 0) is 9.53 Å². The molecular weight excluding hydrogens is 170 g/mol. The molecule has 0 spiro atoms. The predicted molar refractivity (Wildman–Crippen MR) is 48.7 cm³/mol. The van der Waals surface area contributed by atoms with Gasteiger partial charge in [0.2, 0.25) is 0 Å². The maximum atomic E-state index is 10.3. The van der Waals surface area contributed by atoms with Gasteiger partial charge in [-0.2, -0.15) is 0 Å². The van der Waals surface area contributed by atoms with Crippen LogP contribution in [0.4, 0.5) is 0 Å². The molecule has 0 aromatic heterocycles. The number of carboxylic acid groups (broad SMARTS) is 1. The van der Waals surface area contributed by atoms with E-state index in [4.69, 9.17) is 9.84 Å². The molecule has 1 fully saturated rings. The number of hydrogen-bond acceptors (Lipinski definition) is 3. The summed E-state index contributed by atoms with van der Waals surface area (Å²) in [6.07, 6.45) is 4.59. The van der Waals surface area contributed by atoms with Gasteiger partial charge >= 0.3 is 5.97 Å². The normalized spacial score (nSPS) is 28.7. The van der Waals surface area contributed by atoms with Crippen molar-refractivity contribution in [1.29, 1.82) is 0 Å². The van der Waals surface area contributed by atoms with E-state index in [1.165, 1.54) is 6.42 Å². The SMILES string of the molecule is COC1CCCCC1NCC(=O)O. The third-order valence-electron chi connectivity index (χ3n) is 2.52. The van der Waals surface area contributed by atoms with Crippen LogP contribution in [0.15, 0.2) is 0 Å². The Morgan fingerprint density at radius 2 is 2.23 bits per heavy atom. The van der Waals surface area contributed by atoms with Crippen molar-refractivity contribution < 1.29 is 14.6 Å². The first kappa shape index (κ1) is 10.5. The lowest BCUT2D eigenvalue weighted by molar-refractivity contribution is -0.136. The molecule has 0 radical (unpaired) electrons. The highest BCUT2D eigenvalue weighted by molar-refractivity contribution is 5.69. The van der Waals surface area contributed by atoms with Crippen LogP contribution < -0.4 is 5.32 Å². The second-order valence-electron chi connectivity index (χ2n) is 3.44. The van der Waals surface area contributed by atoms with Gasteiger partial charge in [-0.15, -0.1) is 0 Å². The van der Waals surface area contributed by atoms with Crippen molar-refractivity contribution in [1.82, 2.24) is 5.32 Å². The predicted octanol–water partition coefficient (Wildman–Crippen LogP) is 0.618. The Bertz CT molecular complexity index is 172. The van der Waals surface area contributed by atoms with Crippen molar-refractivity contribution in [2.75, 3.05) is 13.7 Å². The number of rotatable bonds is 4. The Labute approximate surface area is 78.3 Å². The lowest BCUT2D eigenvalue weighted by Gasteiger charge is -2.30. The first-order valence-electron chi connectivity index (χ1n) is 4.72. The first-order chi connectivity index (χ1) is 6.24. The fourth-order valence-electron chi connectivity index (χ4n) is 1.83. The average Bonchev–Trinajstić information content (AvgIpc) is 2.15. The molecular formula is C9H17NO3. The van der Waals surface area contributed by atoms with E-state index in [1.807, 2.05) is 0 Å². The Balaban J connectivity index is 2.31. The molecule has 2 unspecified atom stereocenters. The van der Waals surface area contributed by atoms with Crippen molar-refractivity contribution in [3.05, 3.63) is 0 Å². The molecule has 4 nitrogen and oxygen atoms in total. The summed E-state index contributed by atoms with van der Waals surface area (Å²) in [5.41, 5.74) is 0. The van der Waals surface area contributed by atoms with Gasteiger partial charge in [-0.05, 0) is 12.8 Å². The Kier molecular flexibility index (Phi) is 4.18. The number of hydrogen-bond donors (Lipinski definition) is 2. The highest BCUT2D eigenvalue weighted by atomic mass is 16.5. The Morgan fingerprint density at radius 3 is 2.85 bits per heavy atom. The van der Waals surface area contributed by atoms with E-state index >= 15 is 0 Å². The zero-order valence-electron chi connectivity index (χ0n) is 7.95. The van der Waals surface area contributed by atoms with Crippen LogP contribution in [0.3, 0.4) is 0 Å². The molecule has 2 atom stereocenters. The molecule has 13 heavy (non-hydrogen) atoms. The first-order valence-corrected chi connectivity index (χ1v) is 4.72. The van der Waals surface area contributed by atoms with Crippen molar-refractivity contribution in [3.8, 4) is 0 Å². The van der Waals surface area contributed by atoms with E-state index in [2.05, 4.69) is 5.32 Å². The van der Waals surface area contributed by atoms with Crippen LogP contribution in [0.1, 0.15) is 25.7 Å². The summed E-state index contributed by atoms with van der Waals surface area (Å²) in [6.45, 7) is 0.0323. The smallest absolute Gasteiger partial charge is 0.317 e. The summed E-state index contributed by atoms with van der Waals surface area (Å²) in [4.78, 5) is 10.3. The third kappa shape index (κ3) is 3.32. The quantitative estimate of drug-likeness (QED) is 0.677. The minimum Gasteiger partial charge on any atom is -0.480 e. The average molecular weight is 187 g/mol. The van der Waals surface area contributed by atoms with Gasteiger partial charge in [-0.1, -0.05) is 12.8 Å².